The number of pyridine rings is 1. The molecule has 0 spiro atoms. The van der Waals surface area contributed by atoms with E-state index in [9.17, 15) is 4.79 Å². The first-order chi connectivity index (χ1) is 11.8. The second-order valence-electron chi connectivity index (χ2n) is 5.75. The predicted octanol–water partition coefficient (Wildman–Crippen LogP) is 3.11. The van der Waals surface area contributed by atoms with Crippen LogP contribution >= 0.6 is 11.3 Å². The molecular weight excluding hydrogens is 326 g/mol. The minimum absolute atomic E-state index is 0.0800. The molecule has 0 bridgehead atoms. The second-order valence-corrected chi connectivity index (χ2v) is 6.72. The fraction of sp³-hybridized carbons (Fsp3) is 0.353. The van der Waals surface area contributed by atoms with Crippen molar-refractivity contribution in [1.82, 2.24) is 14.9 Å². The molecule has 0 aliphatic carbocycles. The van der Waals surface area contributed by atoms with Crippen molar-refractivity contribution >= 4 is 27.6 Å². The third-order valence-corrected chi connectivity index (χ3v) is 4.98. The Morgan fingerprint density at radius 2 is 2.33 bits per heavy atom. The van der Waals surface area contributed by atoms with E-state index in [-0.39, 0.29) is 12.0 Å². The van der Waals surface area contributed by atoms with Crippen molar-refractivity contribution in [1.29, 1.82) is 0 Å². The summed E-state index contributed by atoms with van der Waals surface area (Å²) in [4.78, 5) is 24.2. The number of hydrogen-bond donors (Lipinski definition) is 0. The molecule has 6 nitrogen and oxygen atoms in total. The van der Waals surface area contributed by atoms with Gasteiger partial charge in [0.25, 0.3) is 5.91 Å². The van der Waals surface area contributed by atoms with Gasteiger partial charge in [-0.2, -0.15) is 0 Å². The van der Waals surface area contributed by atoms with Crippen LogP contribution < -0.4 is 0 Å². The summed E-state index contributed by atoms with van der Waals surface area (Å²) in [5.41, 5.74) is 0.751. The molecule has 0 radical (unpaired) electrons. The highest BCUT2D eigenvalue weighted by Gasteiger charge is 2.26. The van der Waals surface area contributed by atoms with Gasteiger partial charge < -0.3 is 14.1 Å². The highest BCUT2D eigenvalue weighted by molar-refractivity contribution is 7.19. The van der Waals surface area contributed by atoms with E-state index in [1.54, 1.807) is 17.4 Å². The zero-order chi connectivity index (χ0) is 16.4. The lowest BCUT2D eigenvalue weighted by atomic mass is 10.2. The van der Waals surface area contributed by atoms with Gasteiger partial charge in [0.15, 0.2) is 5.01 Å². The summed E-state index contributed by atoms with van der Waals surface area (Å²) in [7, 11) is 0. The summed E-state index contributed by atoms with van der Waals surface area (Å²) in [6, 6.07) is 7.39. The number of carbonyl (C=O) groups excluding carboxylic acids is 1. The Bertz CT molecular complexity index is 792. The van der Waals surface area contributed by atoms with Gasteiger partial charge in [0.1, 0.15) is 16.1 Å². The quantitative estimate of drug-likeness (QED) is 0.712. The second kappa shape index (κ2) is 6.70. The molecule has 3 aromatic heterocycles. The third-order valence-electron chi connectivity index (χ3n) is 4.01. The Hall–Kier alpha value is -2.25. The van der Waals surface area contributed by atoms with Crippen molar-refractivity contribution in [2.75, 3.05) is 13.2 Å². The summed E-state index contributed by atoms with van der Waals surface area (Å²) in [6.07, 6.45) is 5.42. The van der Waals surface area contributed by atoms with Crippen LogP contribution in [0.4, 0.5) is 0 Å². The average Bonchev–Trinajstić information content (AvgIpc) is 3.34. The zero-order valence-corrected chi connectivity index (χ0v) is 13.9. The molecule has 0 N–H and O–H groups in total. The molecule has 1 aliphatic rings. The topological polar surface area (TPSA) is 68.5 Å². The molecule has 0 saturated carbocycles. The molecule has 124 valence electrons. The van der Waals surface area contributed by atoms with Gasteiger partial charge in [-0.3, -0.25) is 4.79 Å². The largest absolute Gasteiger partial charge is 0.467 e. The van der Waals surface area contributed by atoms with Gasteiger partial charge in [-0.1, -0.05) is 11.3 Å². The molecule has 1 unspecified atom stereocenters. The van der Waals surface area contributed by atoms with Crippen molar-refractivity contribution < 1.29 is 13.9 Å². The highest BCUT2D eigenvalue weighted by Crippen LogP contribution is 2.23. The van der Waals surface area contributed by atoms with Crippen LogP contribution in [-0.4, -0.2) is 40.0 Å². The maximum Gasteiger partial charge on any atom is 0.283 e. The zero-order valence-electron chi connectivity index (χ0n) is 13.1. The van der Waals surface area contributed by atoms with E-state index in [1.165, 1.54) is 11.3 Å². The summed E-state index contributed by atoms with van der Waals surface area (Å²) < 4.78 is 11.1. The van der Waals surface area contributed by atoms with Gasteiger partial charge in [-0.15, -0.1) is 0 Å². The van der Waals surface area contributed by atoms with Gasteiger partial charge in [0, 0.05) is 19.3 Å². The van der Waals surface area contributed by atoms with Gasteiger partial charge in [0.2, 0.25) is 0 Å². The van der Waals surface area contributed by atoms with Crippen molar-refractivity contribution in [2.24, 2.45) is 0 Å². The van der Waals surface area contributed by atoms with Crippen LogP contribution in [0.15, 0.2) is 41.1 Å². The minimum Gasteiger partial charge on any atom is -0.467 e. The fourth-order valence-electron chi connectivity index (χ4n) is 2.84. The van der Waals surface area contributed by atoms with E-state index in [0.29, 0.717) is 18.1 Å². The molecule has 0 aromatic carbocycles. The highest BCUT2D eigenvalue weighted by atomic mass is 32.1. The van der Waals surface area contributed by atoms with Crippen LogP contribution in [-0.2, 0) is 11.3 Å². The number of furan rings is 1. The number of carbonyl (C=O) groups is 1. The summed E-state index contributed by atoms with van der Waals surface area (Å²) in [6.45, 7) is 1.72. The smallest absolute Gasteiger partial charge is 0.283 e. The number of rotatable bonds is 5. The number of thiazole rings is 1. The van der Waals surface area contributed by atoms with Gasteiger partial charge in [-0.25, -0.2) is 9.97 Å². The molecule has 4 heterocycles. The summed E-state index contributed by atoms with van der Waals surface area (Å²) in [5, 5.41) is 0.452. The number of nitrogens with zero attached hydrogens (tertiary/aromatic N) is 3. The van der Waals surface area contributed by atoms with E-state index < -0.39 is 0 Å². The standard InChI is InChI=1S/C17H17N3O3S/c21-17(16-19-14-6-1-7-18-15(14)24-16)20(10-12-4-2-8-22-12)11-13-5-3-9-23-13/h1-2,4,6-8,13H,3,5,9-11H2. The number of amides is 1. The SMILES string of the molecule is O=C(c1nc2cccnc2s1)N(Cc1ccco1)CC1CCCO1. The van der Waals surface area contributed by atoms with Crippen LogP contribution in [0.1, 0.15) is 28.4 Å². The van der Waals surface area contributed by atoms with E-state index >= 15 is 0 Å². The Morgan fingerprint density at radius 1 is 1.38 bits per heavy atom. The molecule has 24 heavy (non-hydrogen) atoms. The first kappa shape index (κ1) is 15.3. The first-order valence-electron chi connectivity index (χ1n) is 7.94. The molecule has 3 aromatic rings. The Balaban J connectivity index is 1.59. The fourth-order valence-corrected chi connectivity index (χ4v) is 3.72. The van der Waals surface area contributed by atoms with Gasteiger partial charge in [-0.05, 0) is 37.1 Å². The van der Waals surface area contributed by atoms with Crippen molar-refractivity contribution in [2.45, 2.75) is 25.5 Å². The maximum atomic E-state index is 13.0. The van der Waals surface area contributed by atoms with Gasteiger partial charge in [0.05, 0.1) is 18.9 Å². The summed E-state index contributed by atoms with van der Waals surface area (Å²) >= 11 is 1.32. The van der Waals surface area contributed by atoms with Crippen molar-refractivity contribution in [3.8, 4) is 0 Å². The van der Waals surface area contributed by atoms with Crippen LogP contribution in [0, 0.1) is 0 Å². The van der Waals surface area contributed by atoms with Crippen molar-refractivity contribution in [3.05, 3.63) is 47.5 Å². The van der Waals surface area contributed by atoms with Crippen LogP contribution in [0.5, 0.6) is 0 Å². The van der Waals surface area contributed by atoms with Crippen molar-refractivity contribution in [3.63, 3.8) is 0 Å². The van der Waals surface area contributed by atoms with E-state index in [2.05, 4.69) is 9.97 Å². The predicted molar refractivity (Wildman–Crippen MR) is 89.8 cm³/mol. The molecule has 1 atom stereocenters. The third kappa shape index (κ3) is 3.18. The maximum absolute atomic E-state index is 13.0. The molecule has 1 amide bonds. The van der Waals surface area contributed by atoms with Gasteiger partial charge >= 0.3 is 0 Å². The number of ether oxygens (including phenoxy) is 1. The molecular formula is C17H17N3O3S. The summed E-state index contributed by atoms with van der Waals surface area (Å²) in [5.74, 6) is 0.644. The Morgan fingerprint density at radius 3 is 3.08 bits per heavy atom. The average molecular weight is 343 g/mol. The lowest BCUT2D eigenvalue weighted by Gasteiger charge is -2.23. The molecule has 1 fully saturated rings. The number of fused-ring (bicyclic) bond motifs is 1. The Kier molecular flexibility index (Phi) is 4.27. The molecule has 1 aliphatic heterocycles. The Labute approximate surface area is 143 Å². The van der Waals surface area contributed by atoms with Crippen LogP contribution in [0.2, 0.25) is 0 Å². The number of hydrogen-bond acceptors (Lipinski definition) is 6. The van der Waals surface area contributed by atoms with Crippen LogP contribution in [0.25, 0.3) is 10.3 Å². The normalized spacial score (nSPS) is 17.4. The lowest BCUT2D eigenvalue weighted by Crippen LogP contribution is -2.36. The molecule has 1 saturated heterocycles. The molecule has 4 rings (SSSR count). The molecule has 7 heteroatoms. The van der Waals surface area contributed by atoms with E-state index in [4.69, 9.17) is 9.15 Å². The number of aromatic nitrogens is 2. The lowest BCUT2D eigenvalue weighted by molar-refractivity contribution is 0.0491. The van der Waals surface area contributed by atoms with E-state index in [0.717, 1.165) is 35.6 Å². The first-order valence-corrected chi connectivity index (χ1v) is 8.76. The van der Waals surface area contributed by atoms with Crippen LogP contribution in [0.3, 0.4) is 0 Å². The minimum atomic E-state index is -0.107. The monoisotopic (exact) mass is 343 g/mol. The van der Waals surface area contributed by atoms with E-state index in [1.807, 2.05) is 24.3 Å².